The number of nitrogens with one attached hydrogen (secondary N) is 1. The number of carboxylic acid groups (broad SMARTS) is 1. The highest BCUT2D eigenvalue weighted by molar-refractivity contribution is 7.89. The summed E-state index contributed by atoms with van der Waals surface area (Å²) in [7, 11) is -3.28. The minimum Gasteiger partial charge on any atom is -0.481 e. The monoisotopic (exact) mass is 363 g/mol. The van der Waals surface area contributed by atoms with Crippen molar-refractivity contribution in [3.8, 4) is 0 Å². The number of aliphatic hydroxyl groups is 1. The molecular formula is C17H33NO5S. The van der Waals surface area contributed by atoms with E-state index in [4.69, 9.17) is 5.11 Å². The predicted molar refractivity (Wildman–Crippen MR) is 96.4 cm³/mol. The number of rotatable bonds is 16. The van der Waals surface area contributed by atoms with Crippen LogP contribution in [0.25, 0.3) is 0 Å². The summed E-state index contributed by atoms with van der Waals surface area (Å²) in [5, 5.41) is 18.2. The number of hydrogen-bond donors (Lipinski definition) is 3. The van der Waals surface area contributed by atoms with Crippen molar-refractivity contribution in [2.45, 2.75) is 77.2 Å². The van der Waals surface area contributed by atoms with Gasteiger partial charge < -0.3 is 10.2 Å². The fraction of sp³-hybridized carbons (Fsp3) is 0.824. The molecule has 0 radical (unpaired) electrons. The molecule has 0 fully saturated rings. The lowest BCUT2D eigenvalue weighted by atomic mass is 10.1. The summed E-state index contributed by atoms with van der Waals surface area (Å²) in [6.07, 6.45) is 10.3. The van der Waals surface area contributed by atoms with Gasteiger partial charge in [-0.3, -0.25) is 4.79 Å². The molecule has 0 rings (SSSR count). The van der Waals surface area contributed by atoms with Crippen molar-refractivity contribution < 1.29 is 23.4 Å². The Kier molecular flexibility index (Phi) is 13.9. The average molecular weight is 364 g/mol. The van der Waals surface area contributed by atoms with E-state index in [0.29, 0.717) is 25.8 Å². The second-order valence-electron chi connectivity index (χ2n) is 6.05. The Bertz CT molecular complexity index is 448. The maximum absolute atomic E-state index is 11.8. The summed E-state index contributed by atoms with van der Waals surface area (Å²) < 4.78 is 26.1. The maximum Gasteiger partial charge on any atom is 0.303 e. The highest BCUT2D eigenvalue weighted by atomic mass is 32.2. The van der Waals surface area contributed by atoms with E-state index >= 15 is 0 Å². The number of allylic oxidation sites excluding steroid dienone is 1. The zero-order valence-corrected chi connectivity index (χ0v) is 15.6. The van der Waals surface area contributed by atoms with Crippen LogP contribution in [0.1, 0.15) is 71.1 Å². The van der Waals surface area contributed by atoms with Gasteiger partial charge in [-0.2, -0.15) is 0 Å². The van der Waals surface area contributed by atoms with Gasteiger partial charge in [0.1, 0.15) is 0 Å². The summed E-state index contributed by atoms with van der Waals surface area (Å²) in [4.78, 5) is 10.3. The molecular weight excluding hydrogens is 330 g/mol. The summed E-state index contributed by atoms with van der Waals surface area (Å²) >= 11 is 0. The second kappa shape index (κ2) is 14.4. The van der Waals surface area contributed by atoms with Crippen molar-refractivity contribution in [2.24, 2.45) is 0 Å². The van der Waals surface area contributed by atoms with Crippen LogP contribution in [0.2, 0.25) is 0 Å². The van der Waals surface area contributed by atoms with E-state index in [1.54, 1.807) is 12.2 Å². The standard InChI is InChI=1S/C17H33NO5S/c1-2-3-6-11-16(19)12-8-10-15-24(22,23)18-14-9-5-4-7-13-17(20)21/h8,12,16,18-19H,2-7,9-11,13-15H2,1H3,(H,20,21)/b12-8+. The van der Waals surface area contributed by atoms with Gasteiger partial charge in [0.25, 0.3) is 0 Å². The molecule has 0 amide bonds. The number of aliphatic carboxylic acids is 1. The van der Waals surface area contributed by atoms with Crippen LogP contribution in [-0.4, -0.2) is 43.0 Å². The summed E-state index contributed by atoms with van der Waals surface area (Å²) in [6, 6.07) is 0. The normalized spacial score (nSPS) is 13.4. The highest BCUT2D eigenvalue weighted by Gasteiger charge is 2.08. The quantitative estimate of drug-likeness (QED) is 0.289. The first-order valence-electron chi connectivity index (χ1n) is 8.91. The first kappa shape index (κ1) is 23.1. The molecule has 0 saturated carbocycles. The molecule has 0 saturated heterocycles. The number of unbranched alkanes of at least 4 members (excludes halogenated alkanes) is 5. The maximum atomic E-state index is 11.8. The van der Waals surface area contributed by atoms with Gasteiger partial charge >= 0.3 is 5.97 Å². The minimum absolute atomic E-state index is 0.0180. The van der Waals surface area contributed by atoms with Gasteiger partial charge in [0, 0.05) is 13.0 Å². The van der Waals surface area contributed by atoms with Crippen molar-refractivity contribution in [2.75, 3.05) is 12.3 Å². The van der Waals surface area contributed by atoms with Crippen molar-refractivity contribution in [1.82, 2.24) is 4.72 Å². The van der Waals surface area contributed by atoms with E-state index in [1.807, 2.05) is 0 Å². The van der Waals surface area contributed by atoms with Gasteiger partial charge in [-0.05, 0) is 25.7 Å². The van der Waals surface area contributed by atoms with Crippen LogP contribution < -0.4 is 4.72 Å². The lowest BCUT2D eigenvalue weighted by Crippen LogP contribution is -2.27. The summed E-state index contributed by atoms with van der Waals surface area (Å²) in [5.74, 6) is -0.774. The molecule has 3 N–H and O–H groups in total. The number of hydrogen-bond acceptors (Lipinski definition) is 4. The van der Waals surface area contributed by atoms with Gasteiger partial charge in [0.2, 0.25) is 10.0 Å². The van der Waals surface area contributed by atoms with Crippen LogP contribution >= 0.6 is 0 Å². The molecule has 142 valence electrons. The van der Waals surface area contributed by atoms with Crippen molar-refractivity contribution in [3.63, 3.8) is 0 Å². The highest BCUT2D eigenvalue weighted by Crippen LogP contribution is 2.05. The molecule has 0 spiro atoms. The van der Waals surface area contributed by atoms with Gasteiger partial charge in [0.15, 0.2) is 0 Å². The van der Waals surface area contributed by atoms with Crippen LogP contribution in [-0.2, 0) is 14.8 Å². The zero-order chi connectivity index (χ0) is 18.3. The molecule has 0 heterocycles. The first-order valence-corrected chi connectivity index (χ1v) is 10.6. The molecule has 1 atom stereocenters. The Morgan fingerprint density at radius 1 is 1.12 bits per heavy atom. The summed E-state index contributed by atoms with van der Waals surface area (Å²) in [5.41, 5.74) is 0. The lowest BCUT2D eigenvalue weighted by molar-refractivity contribution is -0.137. The Balaban J connectivity index is 3.69. The Morgan fingerprint density at radius 2 is 1.83 bits per heavy atom. The smallest absolute Gasteiger partial charge is 0.303 e. The fourth-order valence-corrected chi connectivity index (χ4v) is 3.28. The van der Waals surface area contributed by atoms with Crippen molar-refractivity contribution >= 4 is 16.0 Å². The van der Waals surface area contributed by atoms with Crippen LogP contribution in [0.5, 0.6) is 0 Å². The second-order valence-corrected chi connectivity index (χ2v) is 7.98. The van der Waals surface area contributed by atoms with E-state index in [0.717, 1.165) is 38.5 Å². The SMILES string of the molecule is CCCCCC(O)/C=C/CCS(=O)(=O)NCCCCCCC(=O)O. The molecule has 0 aromatic rings. The number of sulfonamides is 1. The molecule has 6 nitrogen and oxygen atoms in total. The van der Waals surface area contributed by atoms with Gasteiger partial charge in [-0.15, -0.1) is 0 Å². The third-order valence-electron chi connectivity index (χ3n) is 3.65. The topological polar surface area (TPSA) is 104 Å². The van der Waals surface area contributed by atoms with E-state index in [-0.39, 0.29) is 12.2 Å². The third kappa shape index (κ3) is 16.0. The van der Waals surface area contributed by atoms with E-state index < -0.39 is 22.1 Å². The molecule has 0 bridgehead atoms. The molecule has 0 aliphatic rings. The van der Waals surface area contributed by atoms with Gasteiger partial charge in [-0.1, -0.05) is 51.2 Å². The number of carboxylic acids is 1. The van der Waals surface area contributed by atoms with Crippen molar-refractivity contribution in [3.05, 3.63) is 12.2 Å². The van der Waals surface area contributed by atoms with Gasteiger partial charge in [-0.25, -0.2) is 13.1 Å². The van der Waals surface area contributed by atoms with Crippen molar-refractivity contribution in [1.29, 1.82) is 0 Å². The molecule has 24 heavy (non-hydrogen) atoms. The molecule has 1 unspecified atom stereocenters. The van der Waals surface area contributed by atoms with Crippen LogP contribution in [0.4, 0.5) is 0 Å². The molecule has 0 aromatic carbocycles. The van der Waals surface area contributed by atoms with Crippen LogP contribution in [0.15, 0.2) is 12.2 Å². The first-order chi connectivity index (χ1) is 11.4. The average Bonchev–Trinajstić information content (AvgIpc) is 2.50. The van der Waals surface area contributed by atoms with E-state index in [9.17, 15) is 18.3 Å². The molecule has 0 aromatic heterocycles. The fourth-order valence-electron chi connectivity index (χ4n) is 2.23. The van der Waals surface area contributed by atoms with E-state index in [2.05, 4.69) is 11.6 Å². The Morgan fingerprint density at radius 3 is 2.50 bits per heavy atom. The minimum atomic E-state index is -3.28. The number of aliphatic hydroxyl groups excluding tert-OH is 1. The molecule has 7 heteroatoms. The predicted octanol–water partition coefficient (Wildman–Crippen LogP) is 2.83. The largest absolute Gasteiger partial charge is 0.481 e. The van der Waals surface area contributed by atoms with Crippen LogP contribution in [0, 0.1) is 0 Å². The third-order valence-corrected chi connectivity index (χ3v) is 5.07. The Labute approximate surface area is 146 Å². The van der Waals surface area contributed by atoms with Crippen LogP contribution in [0.3, 0.4) is 0 Å². The number of carbonyl (C=O) groups is 1. The zero-order valence-electron chi connectivity index (χ0n) is 14.7. The molecule has 0 aliphatic carbocycles. The lowest BCUT2D eigenvalue weighted by Gasteiger charge is -2.06. The molecule has 0 aliphatic heterocycles. The van der Waals surface area contributed by atoms with Gasteiger partial charge in [0.05, 0.1) is 11.9 Å². The summed E-state index contributed by atoms with van der Waals surface area (Å²) in [6.45, 7) is 2.49. The van der Waals surface area contributed by atoms with E-state index in [1.165, 1.54) is 0 Å². The Hall–Kier alpha value is -0.920.